The Hall–Kier alpha value is -0.930. The first-order chi connectivity index (χ1) is 7.72. The van der Waals surface area contributed by atoms with Crippen LogP contribution < -0.4 is 5.32 Å². The quantitative estimate of drug-likeness (QED) is 0.762. The van der Waals surface area contributed by atoms with Gasteiger partial charge in [-0.05, 0) is 51.2 Å². The minimum absolute atomic E-state index is 0.602. The van der Waals surface area contributed by atoms with Gasteiger partial charge in [-0.25, -0.2) is 0 Å². The maximum atomic E-state index is 4.02. The van der Waals surface area contributed by atoms with Gasteiger partial charge in [0.05, 0.1) is 0 Å². The maximum absolute atomic E-state index is 4.02. The molecular formula is C13H23N3. The summed E-state index contributed by atoms with van der Waals surface area (Å²) in [6.45, 7) is 7.56. The van der Waals surface area contributed by atoms with E-state index in [0.717, 1.165) is 19.6 Å². The van der Waals surface area contributed by atoms with Crippen molar-refractivity contribution in [3.63, 3.8) is 0 Å². The first kappa shape index (κ1) is 13.1. The van der Waals surface area contributed by atoms with Gasteiger partial charge in [0.25, 0.3) is 0 Å². The lowest BCUT2D eigenvalue weighted by molar-refractivity contribution is 0.304. The largest absolute Gasteiger partial charge is 0.314 e. The number of nitrogens with zero attached hydrogens (tertiary/aromatic N) is 2. The van der Waals surface area contributed by atoms with Gasteiger partial charge >= 0.3 is 0 Å². The van der Waals surface area contributed by atoms with Gasteiger partial charge in [0, 0.05) is 25.0 Å². The fourth-order valence-electron chi connectivity index (χ4n) is 1.74. The number of pyridine rings is 1. The summed E-state index contributed by atoms with van der Waals surface area (Å²) in [6, 6.07) is 4.75. The first-order valence-corrected chi connectivity index (χ1v) is 6.03. The number of hydrogen-bond acceptors (Lipinski definition) is 3. The molecule has 0 bridgehead atoms. The van der Waals surface area contributed by atoms with Crippen molar-refractivity contribution >= 4 is 0 Å². The number of aromatic nitrogens is 1. The Kier molecular flexibility index (Phi) is 6.04. The van der Waals surface area contributed by atoms with E-state index in [4.69, 9.17) is 0 Å². The maximum Gasteiger partial charge on any atom is 0.0271 e. The zero-order valence-corrected chi connectivity index (χ0v) is 10.6. The zero-order chi connectivity index (χ0) is 11.8. The Balaban J connectivity index is 2.23. The molecule has 3 heteroatoms. The highest BCUT2D eigenvalue weighted by Crippen LogP contribution is 2.02. The van der Waals surface area contributed by atoms with Crippen LogP contribution in [0, 0.1) is 0 Å². The predicted octanol–water partition coefficient (Wildman–Crippen LogP) is 1.90. The summed E-state index contributed by atoms with van der Waals surface area (Å²) in [5.41, 5.74) is 1.33. The second kappa shape index (κ2) is 7.36. The Morgan fingerprint density at radius 1 is 1.38 bits per heavy atom. The molecule has 1 N–H and O–H groups in total. The molecule has 1 aromatic rings. The van der Waals surface area contributed by atoms with Crippen molar-refractivity contribution < 1.29 is 0 Å². The molecule has 3 nitrogen and oxygen atoms in total. The normalized spacial score (nSPS) is 13.0. The molecule has 0 aliphatic carbocycles. The molecule has 0 aromatic carbocycles. The lowest BCUT2D eigenvalue weighted by Gasteiger charge is -2.19. The third-order valence-electron chi connectivity index (χ3n) is 2.70. The van der Waals surface area contributed by atoms with Crippen LogP contribution in [0.1, 0.15) is 25.8 Å². The van der Waals surface area contributed by atoms with E-state index in [1.165, 1.54) is 12.0 Å². The molecule has 0 saturated carbocycles. The Bertz CT molecular complexity index is 274. The fraction of sp³-hybridized carbons (Fsp3) is 0.615. The Morgan fingerprint density at radius 3 is 2.69 bits per heavy atom. The van der Waals surface area contributed by atoms with Crippen LogP contribution in [-0.4, -0.2) is 36.1 Å². The van der Waals surface area contributed by atoms with Crippen LogP contribution in [0.4, 0.5) is 0 Å². The molecule has 0 aliphatic heterocycles. The SMILES string of the molecule is CCNC(C)CCN(C)Cc1ccncc1. The molecule has 0 fully saturated rings. The topological polar surface area (TPSA) is 28.2 Å². The van der Waals surface area contributed by atoms with Crippen molar-refractivity contribution in [2.45, 2.75) is 32.9 Å². The molecule has 0 spiro atoms. The molecule has 0 saturated heterocycles. The molecule has 16 heavy (non-hydrogen) atoms. The van der Waals surface area contributed by atoms with Gasteiger partial charge in [0.2, 0.25) is 0 Å². The fourth-order valence-corrected chi connectivity index (χ4v) is 1.74. The van der Waals surface area contributed by atoms with Crippen LogP contribution in [0.25, 0.3) is 0 Å². The highest BCUT2D eigenvalue weighted by atomic mass is 15.1. The van der Waals surface area contributed by atoms with Gasteiger partial charge in [0.15, 0.2) is 0 Å². The van der Waals surface area contributed by atoms with E-state index in [2.05, 4.69) is 48.2 Å². The third kappa shape index (κ3) is 5.24. The summed E-state index contributed by atoms with van der Waals surface area (Å²) in [7, 11) is 2.17. The van der Waals surface area contributed by atoms with Crippen molar-refractivity contribution in [1.29, 1.82) is 0 Å². The van der Waals surface area contributed by atoms with Gasteiger partial charge < -0.3 is 10.2 Å². The average molecular weight is 221 g/mol. The molecule has 90 valence electrons. The Morgan fingerprint density at radius 2 is 2.06 bits per heavy atom. The second-order valence-corrected chi connectivity index (χ2v) is 4.34. The zero-order valence-electron chi connectivity index (χ0n) is 10.6. The van der Waals surface area contributed by atoms with Crippen molar-refractivity contribution in [3.05, 3.63) is 30.1 Å². The molecule has 1 aromatic heterocycles. The third-order valence-corrected chi connectivity index (χ3v) is 2.70. The standard InChI is InChI=1S/C13H23N3/c1-4-15-12(2)7-10-16(3)11-13-5-8-14-9-6-13/h5-6,8-9,12,15H,4,7,10-11H2,1-3H3. The van der Waals surface area contributed by atoms with E-state index in [0.29, 0.717) is 6.04 Å². The number of hydrogen-bond donors (Lipinski definition) is 1. The Labute approximate surface area is 98.9 Å². The van der Waals surface area contributed by atoms with Crippen LogP contribution in [0.15, 0.2) is 24.5 Å². The van der Waals surface area contributed by atoms with Gasteiger partial charge in [-0.1, -0.05) is 6.92 Å². The van der Waals surface area contributed by atoms with Crippen molar-refractivity contribution in [1.82, 2.24) is 15.2 Å². The van der Waals surface area contributed by atoms with Crippen LogP contribution in [0.5, 0.6) is 0 Å². The van der Waals surface area contributed by atoms with Crippen molar-refractivity contribution in [3.8, 4) is 0 Å². The van der Waals surface area contributed by atoms with E-state index in [1.54, 1.807) is 0 Å². The average Bonchev–Trinajstić information content (AvgIpc) is 2.28. The van der Waals surface area contributed by atoms with Gasteiger partial charge in [-0.15, -0.1) is 0 Å². The summed E-state index contributed by atoms with van der Waals surface area (Å²) in [5, 5.41) is 3.43. The van der Waals surface area contributed by atoms with E-state index in [1.807, 2.05) is 12.4 Å². The van der Waals surface area contributed by atoms with Gasteiger partial charge in [-0.3, -0.25) is 4.98 Å². The van der Waals surface area contributed by atoms with Crippen LogP contribution in [0.3, 0.4) is 0 Å². The van der Waals surface area contributed by atoms with Crippen LogP contribution in [-0.2, 0) is 6.54 Å². The minimum Gasteiger partial charge on any atom is -0.314 e. The lowest BCUT2D eigenvalue weighted by Crippen LogP contribution is -2.30. The van der Waals surface area contributed by atoms with E-state index in [-0.39, 0.29) is 0 Å². The summed E-state index contributed by atoms with van der Waals surface area (Å²) in [6.07, 6.45) is 4.89. The smallest absolute Gasteiger partial charge is 0.0271 e. The molecule has 0 aliphatic rings. The summed E-state index contributed by atoms with van der Waals surface area (Å²) >= 11 is 0. The van der Waals surface area contributed by atoms with Crippen LogP contribution in [0.2, 0.25) is 0 Å². The minimum atomic E-state index is 0.602. The first-order valence-electron chi connectivity index (χ1n) is 6.03. The number of rotatable bonds is 7. The molecule has 1 atom stereocenters. The van der Waals surface area contributed by atoms with E-state index < -0.39 is 0 Å². The molecule has 1 heterocycles. The molecule has 0 amide bonds. The highest BCUT2D eigenvalue weighted by molar-refractivity contribution is 5.09. The highest BCUT2D eigenvalue weighted by Gasteiger charge is 2.03. The van der Waals surface area contributed by atoms with Gasteiger partial charge in [-0.2, -0.15) is 0 Å². The summed E-state index contributed by atoms with van der Waals surface area (Å²) in [4.78, 5) is 6.37. The van der Waals surface area contributed by atoms with E-state index >= 15 is 0 Å². The van der Waals surface area contributed by atoms with Gasteiger partial charge in [0.1, 0.15) is 0 Å². The predicted molar refractivity (Wildman–Crippen MR) is 68.3 cm³/mol. The van der Waals surface area contributed by atoms with E-state index in [9.17, 15) is 0 Å². The summed E-state index contributed by atoms with van der Waals surface area (Å²) in [5.74, 6) is 0. The van der Waals surface area contributed by atoms with Crippen LogP contribution >= 0.6 is 0 Å². The molecule has 0 radical (unpaired) electrons. The molecule has 1 rings (SSSR count). The van der Waals surface area contributed by atoms with Crippen molar-refractivity contribution in [2.75, 3.05) is 20.1 Å². The second-order valence-electron chi connectivity index (χ2n) is 4.34. The monoisotopic (exact) mass is 221 g/mol. The lowest BCUT2D eigenvalue weighted by atomic mass is 10.2. The number of nitrogens with one attached hydrogen (secondary N) is 1. The van der Waals surface area contributed by atoms with Crippen molar-refractivity contribution in [2.24, 2.45) is 0 Å². The molecular weight excluding hydrogens is 198 g/mol. The summed E-state index contributed by atoms with van der Waals surface area (Å²) < 4.78 is 0. The molecule has 1 unspecified atom stereocenters.